The Hall–Kier alpha value is -0.870. The minimum absolute atomic E-state index is 0.00985. The van der Waals surface area contributed by atoms with Gasteiger partial charge in [0.25, 0.3) is 0 Å². The number of carboxylic acids is 1. The van der Waals surface area contributed by atoms with E-state index in [9.17, 15) is 4.79 Å². The first-order valence-corrected chi connectivity index (χ1v) is 10.1. The second-order valence-corrected chi connectivity index (χ2v) is 7.72. The van der Waals surface area contributed by atoms with Crippen LogP contribution in [0.25, 0.3) is 0 Å². The number of allylic oxidation sites excluding steroid dienone is 1. The van der Waals surface area contributed by atoms with E-state index in [1.54, 1.807) is 0 Å². The van der Waals surface area contributed by atoms with Gasteiger partial charge in [-0.05, 0) is 38.0 Å². The van der Waals surface area contributed by atoms with Gasteiger partial charge in [-0.3, -0.25) is 4.79 Å². The summed E-state index contributed by atoms with van der Waals surface area (Å²) in [6, 6.07) is 0. The van der Waals surface area contributed by atoms with E-state index in [4.69, 9.17) is 14.9 Å². The Bertz CT molecular complexity index is 432. The van der Waals surface area contributed by atoms with Crippen LogP contribution in [0.3, 0.4) is 0 Å². The Balaban J connectivity index is 2.79. The highest BCUT2D eigenvalue weighted by molar-refractivity contribution is 5.67. The second kappa shape index (κ2) is 11.0. The molecular formula is C21H38O4. The van der Waals surface area contributed by atoms with Crippen LogP contribution in [0, 0.1) is 11.8 Å². The molecule has 1 N–H and O–H groups in total. The van der Waals surface area contributed by atoms with Gasteiger partial charge in [-0.25, -0.2) is 9.78 Å². The first kappa shape index (κ1) is 22.2. The molecule has 1 saturated heterocycles. The lowest BCUT2D eigenvalue weighted by Crippen LogP contribution is -2.44. The summed E-state index contributed by atoms with van der Waals surface area (Å²) in [6.07, 6.45) is 10.6. The molecule has 0 aromatic carbocycles. The van der Waals surface area contributed by atoms with Gasteiger partial charge in [0.1, 0.15) is 11.7 Å². The van der Waals surface area contributed by atoms with Gasteiger partial charge in [-0.15, -0.1) is 0 Å². The molecular weight excluding hydrogens is 316 g/mol. The van der Waals surface area contributed by atoms with Crippen LogP contribution in [0.15, 0.2) is 11.6 Å². The molecule has 4 nitrogen and oxygen atoms in total. The Labute approximate surface area is 153 Å². The molecule has 0 radical (unpaired) electrons. The molecule has 146 valence electrons. The van der Waals surface area contributed by atoms with Crippen molar-refractivity contribution in [2.75, 3.05) is 0 Å². The summed E-state index contributed by atoms with van der Waals surface area (Å²) in [5, 5.41) is 9.06. The Morgan fingerprint density at radius 2 is 2.04 bits per heavy atom. The van der Waals surface area contributed by atoms with Crippen LogP contribution in [0.1, 0.15) is 92.4 Å². The van der Waals surface area contributed by atoms with E-state index in [1.165, 1.54) is 31.3 Å². The third-order valence-electron chi connectivity index (χ3n) is 5.63. The van der Waals surface area contributed by atoms with Gasteiger partial charge < -0.3 is 5.11 Å². The zero-order chi connectivity index (χ0) is 18.9. The van der Waals surface area contributed by atoms with Gasteiger partial charge in [0.2, 0.25) is 0 Å². The maximum absolute atomic E-state index is 11.0. The number of carboxylic acid groups (broad SMARTS) is 1. The van der Waals surface area contributed by atoms with Crippen molar-refractivity contribution in [1.29, 1.82) is 0 Å². The van der Waals surface area contributed by atoms with Crippen molar-refractivity contribution in [1.82, 2.24) is 0 Å². The Kier molecular flexibility index (Phi) is 9.73. The van der Waals surface area contributed by atoms with Gasteiger partial charge in [-0.2, -0.15) is 0 Å². The summed E-state index contributed by atoms with van der Waals surface area (Å²) in [4.78, 5) is 22.4. The van der Waals surface area contributed by atoms with Crippen molar-refractivity contribution in [3.8, 4) is 0 Å². The summed E-state index contributed by atoms with van der Waals surface area (Å²) in [6.45, 7) is 10.9. The molecule has 0 aliphatic carbocycles. The lowest BCUT2D eigenvalue weighted by molar-refractivity contribution is -0.409. The van der Waals surface area contributed by atoms with E-state index >= 15 is 0 Å². The maximum Gasteiger partial charge on any atom is 0.306 e. The smallest absolute Gasteiger partial charge is 0.306 e. The number of unbranched alkanes of at least 4 members (excludes halogenated alkanes) is 1. The van der Waals surface area contributed by atoms with Crippen LogP contribution in [0.4, 0.5) is 0 Å². The van der Waals surface area contributed by atoms with E-state index in [0.29, 0.717) is 0 Å². The summed E-state index contributed by atoms with van der Waals surface area (Å²) >= 11 is 0. The average molecular weight is 355 g/mol. The SMILES string of the molecule is CCCCC(CC)C/C(C)=C/[C@]1(CC)C[C@@H](CC)[C@H](CC(=O)O)OO1. The van der Waals surface area contributed by atoms with E-state index in [-0.39, 0.29) is 18.4 Å². The lowest BCUT2D eigenvalue weighted by Gasteiger charge is -2.41. The normalized spacial score (nSPS) is 28.8. The van der Waals surface area contributed by atoms with Crippen LogP contribution in [-0.4, -0.2) is 22.8 Å². The lowest BCUT2D eigenvalue weighted by atomic mass is 9.80. The van der Waals surface area contributed by atoms with Crippen LogP contribution in [0.5, 0.6) is 0 Å². The van der Waals surface area contributed by atoms with Crippen molar-refractivity contribution in [3.05, 3.63) is 11.6 Å². The summed E-state index contributed by atoms with van der Waals surface area (Å²) in [5.74, 6) is 0.122. The summed E-state index contributed by atoms with van der Waals surface area (Å²) in [5.41, 5.74) is 0.947. The molecule has 1 rings (SSSR count). The molecule has 1 aliphatic heterocycles. The molecule has 1 fully saturated rings. The van der Waals surface area contributed by atoms with E-state index in [2.05, 4.69) is 40.7 Å². The number of carbonyl (C=O) groups is 1. The molecule has 25 heavy (non-hydrogen) atoms. The quantitative estimate of drug-likeness (QED) is 0.370. The molecule has 0 spiro atoms. The highest BCUT2D eigenvalue weighted by Crippen LogP contribution is 2.39. The first-order chi connectivity index (χ1) is 11.9. The zero-order valence-corrected chi connectivity index (χ0v) is 16.8. The molecule has 1 unspecified atom stereocenters. The van der Waals surface area contributed by atoms with Crippen molar-refractivity contribution in [2.24, 2.45) is 11.8 Å². The molecule has 0 aromatic heterocycles. The van der Waals surface area contributed by atoms with Crippen LogP contribution in [-0.2, 0) is 14.6 Å². The number of hydrogen-bond acceptors (Lipinski definition) is 3. The van der Waals surface area contributed by atoms with Crippen LogP contribution < -0.4 is 0 Å². The van der Waals surface area contributed by atoms with Crippen molar-refractivity contribution < 1.29 is 19.7 Å². The largest absolute Gasteiger partial charge is 0.481 e. The maximum atomic E-state index is 11.0. The topological polar surface area (TPSA) is 55.8 Å². The first-order valence-electron chi connectivity index (χ1n) is 10.1. The molecule has 1 heterocycles. The Morgan fingerprint density at radius 1 is 1.32 bits per heavy atom. The predicted molar refractivity (Wildman–Crippen MR) is 101 cm³/mol. The van der Waals surface area contributed by atoms with Gasteiger partial charge in [-0.1, -0.05) is 71.4 Å². The molecule has 1 aliphatic rings. The summed E-state index contributed by atoms with van der Waals surface area (Å²) < 4.78 is 0. The highest BCUT2D eigenvalue weighted by atomic mass is 17.2. The number of rotatable bonds is 11. The van der Waals surface area contributed by atoms with E-state index < -0.39 is 11.6 Å². The van der Waals surface area contributed by atoms with Crippen molar-refractivity contribution >= 4 is 5.97 Å². The third kappa shape index (κ3) is 7.10. The summed E-state index contributed by atoms with van der Waals surface area (Å²) in [7, 11) is 0. The fourth-order valence-corrected chi connectivity index (χ4v) is 3.92. The van der Waals surface area contributed by atoms with Gasteiger partial charge in [0.15, 0.2) is 0 Å². The monoisotopic (exact) mass is 354 g/mol. The van der Waals surface area contributed by atoms with Crippen molar-refractivity contribution in [2.45, 2.75) is 104 Å². The van der Waals surface area contributed by atoms with Gasteiger partial charge in [0.05, 0.1) is 6.42 Å². The zero-order valence-electron chi connectivity index (χ0n) is 16.8. The van der Waals surface area contributed by atoms with Crippen LogP contribution in [0.2, 0.25) is 0 Å². The predicted octanol–water partition coefficient (Wildman–Crippen LogP) is 5.91. The minimum atomic E-state index is -0.829. The fourth-order valence-electron chi connectivity index (χ4n) is 3.92. The van der Waals surface area contributed by atoms with Crippen molar-refractivity contribution in [3.63, 3.8) is 0 Å². The molecule has 4 atom stereocenters. The highest BCUT2D eigenvalue weighted by Gasteiger charge is 2.41. The van der Waals surface area contributed by atoms with E-state index in [1.807, 2.05) is 0 Å². The van der Waals surface area contributed by atoms with Gasteiger partial charge >= 0.3 is 5.97 Å². The third-order valence-corrected chi connectivity index (χ3v) is 5.63. The molecule has 0 saturated carbocycles. The van der Waals surface area contributed by atoms with Crippen LogP contribution >= 0.6 is 0 Å². The minimum Gasteiger partial charge on any atom is -0.481 e. The fraction of sp³-hybridized carbons (Fsp3) is 0.857. The number of aliphatic carboxylic acids is 1. The van der Waals surface area contributed by atoms with Gasteiger partial charge in [0, 0.05) is 0 Å². The van der Waals surface area contributed by atoms with E-state index in [0.717, 1.165) is 31.6 Å². The second-order valence-electron chi connectivity index (χ2n) is 7.72. The molecule has 0 amide bonds. The standard InChI is InChI=1S/C21H38O4/c1-6-10-11-17(7-2)12-16(5)14-21(9-4)15-18(8-3)19(24-25-21)13-20(22)23/h14,17-19H,6-13,15H2,1-5H3,(H,22,23)/b16-14+/t17?,18-,19+,21-/m1/s1. The average Bonchev–Trinajstić information content (AvgIpc) is 2.59. The molecule has 0 aromatic rings. The number of hydrogen-bond donors (Lipinski definition) is 1. The molecule has 4 heteroatoms. The molecule has 0 bridgehead atoms. The Morgan fingerprint density at radius 3 is 2.56 bits per heavy atom.